The average molecular weight is 357 g/mol. The van der Waals surface area contributed by atoms with E-state index in [0.717, 1.165) is 17.2 Å². The van der Waals surface area contributed by atoms with Crippen molar-refractivity contribution in [3.8, 4) is 5.82 Å². The molecular formula is C18H27N7O. The van der Waals surface area contributed by atoms with Crippen LogP contribution < -0.4 is 16.0 Å². The fraction of sp³-hybridized carbons (Fsp3) is 0.444. The van der Waals surface area contributed by atoms with Crippen molar-refractivity contribution in [2.45, 2.75) is 39.8 Å². The zero-order valence-electron chi connectivity index (χ0n) is 16.0. The van der Waals surface area contributed by atoms with Crippen molar-refractivity contribution in [1.29, 1.82) is 0 Å². The molecule has 0 aliphatic carbocycles. The number of aromatic nitrogens is 3. The Hall–Kier alpha value is -2.90. The molecule has 0 saturated carbocycles. The van der Waals surface area contributed by atoms with Gasteiger partial charge in [-0.25, -0.2) is 9.97 Å². The molecule has 2 aromatic rings. The minimum Gasteiger partial charge on any atom is -0.352 e. The van der Waals surface area contributed by atoms with Gasteiger partial charge in [-0.3, -0.25) is 14.4 Å². The summed E-state index contributed by atoms with van der Waals surface area (Å²) >= 11 is 0. The molecule has 3 N–H and O–H groups in total. The third-order valence-corrected chi connectivity index (χ3v) is 3.50. The summed E-state index contributed by atoms with van der Waals surface area (Å²) in [6.07, 6.45) is 5.43. The first kappa shape index (κ1) is 19.4. The van der Waals surface area contributed by atoms with E-state index in [4.69, 9.17) is 0 Å². The summed E-state index contributed by atoms with van der Waals surface area (Å²) < 4.78 is 1.92. The van der Waals surface area contributed by atoms with Gasteiger partial charge in [-0.1, -0.05) is 6.07 Å². The van der Waals surface area contributed by atoms with Gasteiger partial charge in [0.1, 0.15) is 11.6 Å². The minimum absolute atomic E-state index is 0.0813. The third kappa shape index (κ3) is 5.87. The first-order valence-corrected chi connectivity index (χ1v) is 8.49. The zero-order chi connectivity index (χ0) is 19.2. The van der Waals surface area contributed by atoms with E-state index >= 15 is 0 Å². The van der Waals surface area contributed by atoms with E-state index in [0.29, 0.717) is 12.5 Å². The molecule has 0 unspecified atom stereocenters. The summed E-state index contributed by atoms with van der Waals surface area (Å²) in [6.45, 7) is 8.48. The number of carbonyl (C=O) groups is 1. The van der Waals surface area contributed by atoms with Gasteiger partial charge < -0.3 is 16.0 Å². The molecule has 0 bridgehead atoms. The first-order chi connectivity index (χ1) is 12.3. The second kappa shape index (κ2) is 8.46. The van der Waals surface area contributed by atoms with E-state index in [-0.39, 0.29) is 18.0 Å². The Morgan fingerprint density at radius 1 is 1.23 bits per heavy atom. The number of rotatable bonds is 5. The van der Waals surface area contributed by atoms with E-state index < -0.39 is 0 Å². The molecule has 8 nitrogen and oxygen atoms in total. The molecular weight excluding hydrogens is 330 g/mol. The molecule has 0 fully saturated rings. The number of nitrogens with zero attached hydrogens (tertiary/aromatic N) is 4. The van der Waals surface area contributed by atoms with Crippen molar-refractivity contribution in [1.82, 2.24) is 30.5 Å². The Morgan fingerprint density at radius 3 is 2.54 bits per heavy atom. The number of aliphatic imine (C=N–C) groups is 1. The number of carbonyl (C=O) groups excluding carboxylic acids is 1. The first-order valence-electron chi connectivity index (χ1n) is 8.49. The highest BCUT2D eigenvalue weighted by molar-refractivity contribution is 5.86. The highest BCUT2D eigenvalue weighted by atomic mass is 16.2. The maximum absolute atomic E-state index is 11.9. The van der Waals surface area contributed by atoms with Crippen molar-refractivity contribution in [3.63, 3.8) is 0 Å². The molecule has 2 rings (SSSR count). The number of amides is 1. The van der Waals surface area contributed by atoms with Gasteiger partial charge in [-0.05, 0) is 39.3 Å². The topological polar surface area (TPSA) is 96.2 Å². The average Bonchev–Trinajstić information content (AvgIpc) is 3.00. The van der Waals surface area contributed by atoms with Crippen LogP contribution >= 0.6 is 0 Å². The van der Waals surface area contributed by atoms with Crippen molar-refractivity contribution >= 4 is 11.9 Å². The van der Waals surface area contributed by atoms with Crippen molar-refractivity contribution in [2.24, 2.45) is 4.99 Å². The predicted molar refractivity (Wildman–Crippen MR) is 102 cm³/mol. The van der Waals surface area contributed by atoms with Crippen LogP contribution in [0.5, 0.6) is 0 Å². The summed E-state index contributed by atoms with van der Waals surface area (Å²) in [5, 5.41) is 9.06. The van der Waals surface area contributed by atoms with Gasteiger partial charge >= 0.3 is 0 Å². The van der Waals surface area contributed by atoms with Crippen LogP contribution in [0.2, 0.25) is 0 Å². The molecule has 0 spiro atoms. The highest BCUT2D eigenvalue weighted by Gasteiger charge is 2.13. The normalized spacial score (nSPS) is 12.0. The van der Waals surface area contributed by atoms with Crippen molar-refractivity contribution in [3.05, 3.63) is 42.1 Å². The lowest BCUT2D eigenvalue weighted by Gasteiger charge is -2.21. The van der Waals surface area contributed by atoms with E-state index in [1.807, 2.05) is 50.6 Å². The van der Waals surface area contributed by atoms with Crippen LogP contribution in [0.15, 0.2) is 35.7 Å². The van der Waals surface area contributed by atoms with E-state index in [1.54, 1.807) is 19.4 Å². The standard InChI is InChI=1S/C18H27N7O/c1-13-20-8-9-25(13)15-7-6-14(10-21-15)11-22-17(19-5)23-12-16(26)24-18(2,3)4/h6-10H,11-12H2,1-5H3,(H,24,26)(H2,19,22,23). The van der Waals surface area contributed by atoms with Gasteiger partial charge in [-0.15, -0.1) is 0 Å². The lowest BCUT2D eigenvalue weighted by atomic mass is 10.1. The van der Waals surface area contributed by atoms with Crippen molar-refractivity contribution < 1.29 is 4.79 Å². The molecule has 8 heteroatoms. The van der Waals surface area contributed by atoms with Gasteiger partial charge in [0, 0.05) is 37.7 Å². The Bertz CT molecular complexity index is 757. The van der Waals surface area contributed by atoms with Gasteiger partial charge in [0.05, 0.1) is 6.54 Å². The smallest absolute Gasteiger partial charge is 0.239 e. The molecule has 26 heavy (non-hydrogen) atoms. The number of hydrogen-bond donors (Lipinski definition) is 3. The number of nitrogens with one attached hydrogen (secondary N) is 3. The molecule has 0 aliphatic heterocycles. The Morgan fingerprint density at radius 2 is 2.00 bits per heavy atom. The number of imidazole rings is 1. The molecule has 1 amide bonds. The molecule has 0 aliphatic rings. The predicted octanol–water partition coefficient (Wildman–Crippen LogP) is 1.16. The molecule has 2 heterocycles. The van der Waals surface area contributed by atoms with Crippen LogP contribution in [0.25, 0.3) is 5.82 Å². The summed E-state index contributed by atoms with van der Waals surface area (Å²) in [6, 6.07) is 3.94. The lowest BCUT2D eigenvalue weighted by Crippen LogP contribution is -2.48. The summed E-state index contributed by atoms with van der Waals surface area (Å²) in [4.78, 5) is 24.6. The van der Waals surface area contributed by atoms with Crippen LogP contribution in [0.3, 0.4) is 0 Å². The number of pyridine rings is 1. The van der Waals surface area contributed by atoms with Gasteiger partial charge in [0.2, 0.25) is 5.91 Å². The second-order valence-corrected chi connectivity index (χ2v) is 6.95. The number of aryl methyl sites for hydroxylation is 1. The molecule has 0 saturated heterocycles. The molecule has 0 aromatic carbocycles. The Balaban J connectivity index is 1.85. The van der Waals surface area contributed by atoms with Crippen LogP contribution in [-0.2, 0) is 11.3 Å². The molecule has 0 atom stereocenters. The van der Waals surface area contributed by atoms with Crippen LogP contribution in [0.1, 0.15) is 32.2 Å². The van der Waals surface area contributed by atoms with Gasteiger partial charge in [0.25, 0.3) is 0 Å². The highest BCUT2D eigenvalue weighted by Crippen LogP contribution is 2.08. The summed E-state index contributed by atoms with van der Waals surface area (Å²) in [7, 11) is 1.67. The lowest BCUT2D eigenvalue weighted by molar-refractivity contribution is -0.121. The number of guanidine groups is 1. The van der Waals surface area contributed by atoms with Crippen LogP contribution in [-0.4, -0.2) is 45.5 Å². The molecule has 140 valence electrons. The summed E-state index contributed by atoms with van der Waals surface area (Å²) in [5.74, 6) is 2.19. The quantitative estimate of drug-likeness (QED) is 0.551. The van der Waals surface area contributed by atoms with E-state index in [1.165, 1.54) is 0 Å². The maximum Gasteiger partial charge on any atom is 0.239 e. The zero-order valence-corrected chi connectivity index (χ0v) is 16.0. The Kier molecular flexibility index (Phi) is 6.32. The SMILES string of the molecule is CN=C(NCC(=O)NC(C)(C)C)NCc1ccc(-n2ccnc2C)nc1. The fourth-order valence-electron chi connectivity index (χ4n) is 2.32. The monoisotopic (exact) mass is 357 g/mol. The van der Waals surface area contributed by atoms with Gasteiger partial charge in [0.15, 0.2) is 5.96 Å². The molecule has 2 aromatic heterocycles. The van der Waals surface area contributed by atoms with Crippen molar-refractivity contribution in [2.75, 3.05) is 13.6 Å². The number of hydrogen-bond acceptors (Lipinski definition) is 4. The minimum atomic E-state index is -0.253. The van der Waals surface area contributed by atoms with E-state index in [9.17, 15) is 4.79 Å². The molecule has 0 radical (unpaired) electrons. The largest absolute Gasteiger partial charge is 0.352 e. The third-order valence-electron chi connectivity index (χ3n) is 3.50. The summed E-state index contributed by atoms with van der Waals surface area (Å²) in [5.41, 5.74) is 0.755. The van der Waals surface area contributed by atoms with Crippen LogP contribution in [0.4, 0.5) is 0 Å². The Labute approximate surface area is 154 Å². The van der Waals surface area contributed by atoms with E-state index in [2.05, 4.69) is 30.9 Å². The fourth-order valence-corrected chi connectivity index (χ4v) is 2.32. The van der Waals surface area contributed by atoms with Crippen LogP contribution in [0, 0.1) is 6.92 Å². The van der Waals surface area contributed by atoms with Gasteiger partial charge in [-0.2, -0.15) is 0 Å². The maximum atomic E-state index is 11.9. The second-order valence-electron chi connectivity index (χ2n) is 6.95.